The molecule has 1 unspecified atom stereocenters. The average molecular weight is 228 g/mol. The van der Waals surface area contributed by atoms with Gasteiger partial charge in [-0.25, -0.2) is 9.98 Å². The summed E-state index contributed by atoms with van der Waals surface area (Å²) in [5.74, 6) is 0.330. The predicted octanol–water partition coefficient (Wildman–Crippen LogP) is 1.64. The average Bonchev–Trinajstić information content (AvgIpc) is 2.78. The van der Waals surface area contributed by atoms with Crippen molar-refractivity contribution >= 4 is 18.2 Å². The highest BCUT2D eigenvalue weighted by atomic mass is 15.1. The zero-order valence-corrected chi connectivity index (χ0v) is 9.33. The second-order valence-electron chi connectivity index (χ2n) is 3.48. The van der Waals surface area contributed by atoms with E-state index in [1.165, 1.54) is 6.21 Å². The van der Waals surface area contributed by atoms with Gasteiger partial charge >= 0.3 is 0 Å². The molecule has 17 heavy (non-hydrogen) atoms. The summed E-state index contributed by atoms with van der Waals surface area (Å²) in [6, 6.07) is 0. The van der Waals surface area contributed by atoms with E-state index < -0.39 is 0 Å². The van der Waals surface area contributed by atoms with E-state index >= 15 is 0 Å². The van der Waals surface area contributed by atoms with Gasteiger partial charge in [0.1, 0.15) is 0 Å². The maximum atomic E-state index is 7.40. The number of rotatable bonds is 4. The van der Waals surface area contributed by atoms with Gasteiger partial charge in [-0.2, -0.15) is 5.10 Å². The molecule has 0 aromatic carbocycles. The summed E-state index contributed by atoms with van der Waals surface area (Å²) in [4.78, 5) is 12.1. The van der Waals surface area contributed by atoms with Crippen molar-refractivity contribution in [3.63, 3.8) is 0 Å². The molecule has 2 rings (SSSR count). The molecule has 0 aliphatic carbocycles. The molecule has 0 spiro atoms. The highest BCUT2D eigenvalue weighted by molar-refractivity contribution is 5.90. The first-order chi connectivity index (χ1) is 8.31. The van der Waals surface area contributed by atoms with Crippen molar-refractivity contribution in [2.24, 2.45) is 4.99 Å². The van der Waals surface area contributed by atoms with Crippen LogP contribution in [0.25, 0.3) is 0 Å². The second-order valence-corrected chi connectivity index (χ2v) is 3.48. The molecule has 0 amide bonds. The zero-order chi connectivity index (χ0) is 12.1. The number of nitrogens with zero attached hydrogens (tertiary/aromatic N) is 4. The maximum Gasteiger partial charge on any atom is 0.170 e. The molecule has 0 fully saturated rings. The van der Waals surface area contributed by atoms with E-state index in [1.54, 1.807) is 31.0 Å². The Bertz CT molecular complexity index is 516. The Morgan fingerprint density at radius 1 is 1.41 bits per heavy atom. The van der Waals surface area contributed by atoms with Gasteiger partial charge in [-0.1, -0.05) is 0 Å². The largest absolute Gasteiger partial charge is 0.312 e. The third kappa shape index (κ3) is 2.60. The Morgan fingerprint density at radius 2 is 2.29 bits per heavy atom. The second kappa shape index (κ2) is 5.11. The maximum absolute atomic E-state index is 7.40. The minimum absolute atomic E-state index is 0.198. The van der Waals surface area contributed by atoms with Gasteiger partial charge in [-0.05, 0) is 6.92 Å². The molecule has 2 N–H and O–H groups in total. The van der Waals surface area contributed by atoms with Crippen LogP contribution in [0.5, 0.6) is 0 Å². The van der Waals surface area contributed by atoms with Gasteiger partial charge in [-0.3, -0.25) is 10.1 Å². The van der Waals surface area contributed by atoms with Crippen LogP contribution in [-0.4, -0.2) is 32.6 Å². The van der Waals surface area contributed by atoms with Crippen molar-refractivity contribution in [1.29, 1.82) is 5.41 Å². The monoisotopic (exact) mass is 228 g/mol. The van der Waals surface area contributed by atoms with Crippen molar-refractivity contribution in [2.45, 2.75) is 12.8 Å². The summed E-state index contributed by atoms with van der Waals surface area (Å²) >= 11 is 0. The van der Waals surface area contributed by atoms with Crippen molar-refractivity contribution in [1.82, 2.24) is 20.2 Å². The molecule has 0 radical (unpaired) electrons. The lowest BCUT2D eigenvalue weighted by molar-refractivity contribution is 1.04. The summed E-state index contributed by atoms with van der Waals surface area (Å²) < 4.78 is 0. The van der Waals surface area contributed by atoms with Gasteiger partial charge in [0.15, 0.2) is 5.82 Å². The van der Waals surface area contributed by atoms with E-state index in [0.717, 1.165) is 11.3 Å². The van der Waals surface area contributed by atoms with Crippen LogP contribution in [0.4, 0.5) is 5.82 Å². The quantitative estimate of drug-likeness (QED) is 0.779. The Labute approximate surface area is 98.4 Å². The highest BCUT2D eigenvalue weighted by Crippen LogP contribution is 2.15. The SMILES string of the molecule is Cc1[nH]ncc1C(C=N)C=Nc1cnccn1. The summed E-state index contributed by atoms with van der Waals surface area (Å²) in [5.41, 5.74) is 1.87. The van der Waals surface area contributed by atoms with E-state index in [1.807, 2.05) is 6.92 Å². The molecule has 6 nitrogen and oxygen atoms in total. The standard InChI is InChI=1S/C11H12N6/c1-8-10(6-16-17-8)9(4-12)5-15-11-7-13-2-3-14-11/h2-7,9,12H,1H3,(H,16,17). The van der Waals surface area contributed by atoms with Crippen LogP contribution in [0, 0.1) is 12.3 Å². The van der Waals surface area contributed by atoms with Crippen LogP contribution in [0.15, 0.2) is 29.8 Å². The van der Waals surface area contributed by atoms with E-state index in [4.69, 9.17) is 5.41 Å². The fourth-order valence-corrected chi connectivity index (χ4v) is 1.42. The lowest BCUT2D eigenvalue weighted by Crippen LogP contribution is -2.01. The minimum atomic E-state index is -0.198. The molecule has 2 heterocycles. The molecule has 6 heteroatoms. The van der Waals surface area contributed by atoms with Gasteiger partial charge in [0.05, 0.1) is 18.3 Å². The molecule has 1 atom stereocenters. The van der Waals surface area contributed by atoms with E-state index in [2.05, 4.69) is 25.2 Å². The van der Waals surface area contributed by atoms with Crippen LogP contribution in [-0.2, 0) is 0 Å². The number of nitrogens with one attached hydrogen (secondary N) is 2. The molecule has 0 bridgehead atoms. The molecule has 0 saturated carbocycles. The number of aromatic amines is 1. The molecule has 86 valence electrons. The highest BCUT2D eigenvalue weighted by Gasteiger charge is 2.10. The van der Waals surface area contributed by atoms with Crippen LogP contribution in [0.2, 0.25) is 0 Å². The summed E-state index contributed by atoms with van der Waals surface area (Å²) in [6.07, 6.45) is 9.42. The number of aliphatic imine (C=N–C) groups is 1. The molecular formula is C11H12N6. The zero-order valence-electron chi connectivity index (χ0n) is 9.33. The van der Waals surface area contributed by atoms with Crippen LogP contribution in [0.1, 0.15) is 17.2 Å². The topological polar surface area (TPSA) is 90.7 Å². The Hall–Kier alpha value is -2.37. The molecule has 0 aliphatic rings. The van der Waals surface area contributed by atoms with Crippen molar-refractivity contribution in [3.05, 3.63) is 36.0 Å². The number of hydrogen-bond donors (Lipinski definition) is 2. The Morgan fingerprint density at radius 3 is 2.88 bits per heavy atom. The number of H-pyrrole nitrogens is 1. The van der Waals surface area contributed by atoms with Crippen molar-refractivity contribution < 1.29 is 0 Å². The van der Waals surface area contributed by atoms with Gasteiger partial charge in [0, 0.05) is 36.1 Å². The fraction of sp³-hybridized carbons (Fsp3) is 0.182. The smallest absolute Gasteiger partial charge is 0.170 e. The minimum Gasteiger partial charge on any atom is -0.312 e. The summed E-state index contributed by atoms with van der Waals surface area (Å²) in [5, 5.41) is 14.2. The predicted molar refractivity (Wildman–Crippen MR) is 65.0 cm³/mol. The van der Waals surface area contributed by atoms with Crippen LogP contribution < -0.4 is 0 Å². The van der Waals surface area contributed by atoms with Crippen molar-refractivity contribution in [3.8, 4) is 0 Å². The molecule has 2 aromatic rings. The molecule has 0 saturated heterocycles. The first-order valence-electron chi connectivity index (χ1n) is 5.12. The lowest BCUT2D eigenvalue weighted by atomic mass is 10.0. The Balaban J connectivity index is 2.19. The normalized spacial score (nSPS) is 12.8. The van der Waals surface area contributed by atoms with Gasteiger partial charge in [-0.15, -0.1) is 0 Å². The van der Waals surface area contributed by atoms with Crippen molar-refractivity contribution in [2.75, 3.05) is 0 Å². The van der Waals surface area contributed by atoms with Gasteiger partial charge in [0.2, 0.25) is 0 Å². The first kappa shape index (κ1) is 11.1. The lowest BCUT2D eigenvalue weighted by Gasteiger charge is -2.03. The summed E-state index contributed by atoms with van der Waals surface area (Å²) in [7, 11) is 0. The van der Waals surface area contributed by atoms with Crippen LogP contribution >= 0.6 is 0 Å². The molecular weight excluding hydrogens is 216 g/mol. The number of aryl methyl sites for hydroxylation is 1. The number of aromatic nitrogens is 4. The first-order valence-corrected chi connectivity index (χ1v) is 5.12. The van der Waals surface area contributed by atoms with E-state index in [0.29, 0.717) is 5.82 Å². The van der Waals surface area contributed by atoms with Crippen LogP contribution in [0.3, 0.4) is 0 Å². The van der Waals surface area contributed by atoms with E-state index in [-0.39, 0.29) is 5.92 Å². The molecule has 0 aliphatic heterocycles. The fourth-order valence-electron chi connectivity index (χ4n) is 1.42. The van der Waals surface area contributed by atoms with E-state index in [9.17, 15) is 0 Å². The van der Waals surface area contributed by atoms with Gasteiger partial charge < -0.3 is 5.41 Å². The third-order valence-electron chi connectivity index (χ3n) is 2.32. The van der Waals surface area contributed by atoms with Gasteiger partial charge in [0.25, 0.3) is 0 Å². The number of hydrogen-bond acceptors (Lipinski definition) is 5. The summed E-state index contributed by atoms with van der Waals surface area (Å²) in [6.45, 7) is 1.91. The third-order valence-corrected chi connectivity index (χ3v) is 2.32. The Kier molecular flexibility index (Phi) is 3.34. The molecule has 2 aromatic heterocycles.